The van der Waals surface area contributed by atoms with Gasteiger partial charge in [-0.3, -0.25) is 14.5 Å². The predicted molar refractivity (Wildman–Crippen MR) is 92.7 cm³/mol. The SMILES string of the molecule is CCC(=O)C1=C(O)C(=O)N(c2ccc(C#N)cc2)C1c1ccccc1F. The number of amides is 1. The van der Waals surface area contributed by atoms with Crippen LogP contribution in [0.2, 0.25) is 0 Å². The molecule has 2 aromatic rings. The van der Waals surface area contributed by atoms with Crippen molar-refractivity contribution in [3.63, 3.8) is 0 Å². The smallest absolute Gasteiger partial charge is 0.294 e. The van der Waals surface area contributed by atoms with Gasteiger partial charge in [-0.1, -0.05) is 25.1 Å². The fourth-order valence-electron chi connectivity index (χ4n) is 3.03. The van der Waals surface area contributed by atoms with E-state index >= 15 is 0 Å². The molecule has 6 heteroatoms. The Morgan fingerprint density at radius 2 is 1.88 bits per heavy atom. The summed E-state index contributed by atoms with van der Waals surface area (Å²) in [7, 11) is 0. The van der Waals surface area contributed by atoms with Crippen LogP contribution in [0.4, 0.5) is 10.1 Å². The fraction of sp³-hybridized carbons (Fsp3) is 0.150. The topological polar surface area (TPSA) is 81.4 Å². The first-order valence-corrected chi connectivity index (χ1v) is 8.04. The van der Waals surface area contributed by atoms with E-state index < -0.39 is 29.3 Å². The van der Waals surface area contributed by atoms with Crippen molar-refractivity contribution >= 4 is 17.4 Å². The zero-order valence-corrected chi connectivity index (χ0v) is 13.9. The van der Waals surface area contributed by atoms with E-state index in [-0.39, 0.29) is 17.6 Å². The number of ketones is 1. The third kappa shape index (κ3) is 2.74. The van der Waals surface area contributed by atoms with Gasteiger partial charge in [-0.15, -0.1) is 0 Å². The first-order chi connectivity index (χ1) is 12.5. The van der Waals surface area contributed by atoms with Crippen LogP contribution < -0.4 is 4.90 Å². The summed E-state index contributed by atoms with van der Waals surface area (Å²) in [6, 6.07) is 12.8. The first-order valence-electron chi connectivity index (χ1n) is 8.04. The second kappa shape index (κ2) is 6.81. The highest BCUT2D eigenvalue weighted by Gasteiger charge is 2.44. The summed E-state index contributed by atoms with van der Waals surface area (Å²) in [6.45, 7) is 1.61. The van der Waals surface area contributed by atoms with Gasteiger partial charge in [0.25, 0.3) is 5.91 Å². The van der Waals surface area contributed by atoms with Crippen LogP contribution in [-0.4, -0.2) is 16.8 Å². The molecule has 0 bridgehead atoms. The van der Waals surface area contributed by atoms with E-state index in [0.29, 0.717) is 11.3 Å². The van der Waals surface area contributed by atoms with Gasteiger partial charge >= 0.3 is 0 Å². The van der Waals surface area contributed by atoms with Crippen molar-refractivity contribution in [3.05, 3.63) is 76.8 Å². The molecule has 1 heterocycles. The number of aliphatic hydroxyl groups is 1. The minimum Gasteiger partial charge on any atom is -0.503 e. The largest absolute Gasteiger partial charge is 0.503 e. The summed E-state index contributed by atoms with van der Waals surface area (Å²) in [4.78, 5) is 26.2. The van der Waals surface area contributed by atoms with Gasteiger partial charge in [0.1, 0.15) is 5.82 Å². The number of anilines is 1. The van der Waals surface area contributed by atoms with E-state index in [4.69, 9.17) is 5.26 Å². The second-order valence-electron chi connectivity index (χ2n) is 5.80. The average Bonchev–Trinajstić information content (AvgIpc) is 2.92. The molecule has 1 N–H and O–H groups in total. The molecule has 26 heavy (non-hydrogen) atoms. The molecule has 1 atom stereocenters. The van der Waals surface area contributed by atoms with Crippen molar-refractivity contribution in [1.29, 1.82) is 5.26 Å². The molecule has 0 fully saturated rings. The number of hydrogen-bond donors (Lipinski definition) is 1. The van der Waals surface area contributed by atoms with Crippen LogP contribution >= 0.6 is 0 Å². The van der Waals surface area contributed by atoms with Crippen molar-refractivity contribution in [2.45, 2.75) is 19.4 Å². The van der Waals surface area contributed by atoms with E-state index in [1.807, 2.05) is 6.07 Å². The quantitative estimate of drug-likeness (QED) is 0.914. The average molecular weight is 350 g/mol. The number of halogens is 1. The number of nitriles is 1. The summed E-state index contributed by atoms with van der Waals surface area (Å²) in [5.41, 5.74) is 0.746. The lowest BCUT2D eigenvalue weighted by molar-refractivity contribution is -0.118. The maximum atomic E-state index is 14.4. The number of Topliss-reactive ketones (excluding diaryl/α,β-unsaturated/α-hetero) is 1. The molecule has 0 spiro atoms. The molecule has 1 aliphatic heterocycles. The molecule has 0 saturated carbocycles. The zero-order valence-electron chi connectivity index (χ0n) is 13.9. The van der Waals surface area contributed by atoms with Crippen LogP contribution in [0, 0.1) is 17.1 Å². The van der Waals surface area contributed by atoms with Crippen LogP contribution in [0.5, 0.6) is 0 Å². The van der Waals surface area contributed by atoms with E-state index in [2.05, 4.69) is 0 Å². The third-order valence-electron chi connectivity index (χ3n) is 4.30. The molecular weight excluding hydrogens is 335 g/mol. The predicted octanol–water partition coefficient (Wildman–Crippen LogP) is 3.58. The number of hydrogen-bond acceptors (Lipinski definition) is 4. The molecule has 3 rings (SSSR count). The first kappa shape index (κ1) is 17.4. The summed E-state index contributed by atoms with van der Waals surface area (Å²) in [5, 5.41) is 19.2. The summed E-state index contributed by atoms with van der Waals surface area (Å²) >= 11 is 0. The highest BCUT2D eigenvalue weighted by atomic mass is 19.1. The Bertz CT molecular complexity index is 958. The Balaban J connectivity index is 2.19. The van der Waals surface area contributed by atoms with Crippen LogP contribution in [0.1, 0.15) is 30.5 Å². The van der Waals surface area contributed by atoms with E-state index in [0.717, 1.165) is 0 Å². The third-order valence-corrected chi connectivity index (χ3v) is 4.30. The van der Waals surface area contributed by atoms with Crippen LogP contribution in [-0.2, 0) is 9.59 Å². The van der Waals surface area contributed by atoms with Gasteiger partial charge in [0.2, 0.25) is 0 Å². The lowest BCUT2D eigenvalue weighted by atomic mass is 9.94. The van der Waals surface area contributed by atoms with Crippen molar-refractivity contribution in [1.82, 2.24) is 0 Å². The second-order valence-corrected chi connectivity index (χ2v) is 5.80. The molecule has 1 aliphatic rings. The zero-order chi connectivity index (χ0) is 18.8. The van der Waals surface area contributed by atoms with E-state index in [9.17, 15) is 19.1 Å². The Kier molecular flexibility index (Phi) is 4.55. The number of nitrogens with zero attached hydrogens (tertiary/aromatic N) is 2. The van der Waals surface area contributed by atoms with Crippen molar-refractivity contribution < 1.29 is 19.1 Å². The molecule has 5 nitrogen and oxygen atoms in total. The van der Waals surface area contributed by atoms with Gasteiger partial charge in [-0.25, -0.2) is 4.39 Å². The number of benzene rings is 2. The van der Waals surface area contributed by atoms with E-state index in [1.165, 1.54) is 47.4 Å². The Morgan fingerprint density at radius 3 is 2.46 bits per heavy atom. The van der Waals surface area contributed by atoms with Gasteiger partial charge in [0.05, 0.1) is 23.2 Å². The summed E-state index contributed by atoms with van der Waals surface area (Å²) in [5.74, 6) is -2.46. The van der Waals surface area contributed by atoms with Crippen molar-refractivity contribution in [2.75, 3.05) is 4.90 Å². The minimum absolute atomic E-state index is 0.0683. The Labute approximate surface area is 149 Å². The van der Waals surface area contributed by atoms with Crippen LogP contribution in [0.3, 0.4) is 0 Å². The molecule has 0 radical (unpaired) electrons. The van der Waals surface area contributed by atoms with Gasteiger partial charge in [0.15, 0.2) is 11.5 Å². The van der Waals surface area contributed by atoms with Crippen LogP contribution in [0.25, 0.3) is 0 Å². The lowest BCUT2D eigenvalue weighted by Gasteiger charge is -2.27. The fourth-order valence-corrected chi connectivity index (χ4v) is 3.03. The van der Waals surface area contributed by atoms with Gasteiger partial charge < -0.3 is 5.11 Å². The normalized spacial score (nSPS) is 16.7. The summed E-state index contributed by atoms with van der Waals surface area (Å²) in [6.07, 6.45) is 0.0683. The minimum atomic E-state index is -1.07. The standard InChI is InChI=1S/C20H15FN2O3/c1-2-16(24)17-18(14-5-3-4-6-15(14)21)23(20(26)19(17)25)13-9-7-12(11-22)8-10-13/h3-10,18,25H,2H2,1H3. The van der Waals surface area contributed by atoms with Gasteiger partial charge in [0, 0.05) is 17.7 Å². The van der Waals surface area contributed by atoms with Gasteiger partial charge in [-0.05, 0) is 30.3 Å². The number of rotatable bonds is 4. The molecule has 1 amide bonds. The highest BCUT2D eigenvalue weighted by Crippen LogP contribution is 2.42. The molecule has 2 aromatic carbocycles. The molecule has 0 saturated heterocycles. The maximum absolute atomic E-state index is 14.4. The van der Waals surface area contributed by atoms with Crippen molar-refractivity contribution in [3.8, 4) is 6.07 Å². The molecule has 0 aromatic heterocycles. The Hall–Kier alpha value is -3.46. The molecule has 0 aliphatic carbocycles. The van der Waals surface area contributed by atoms with E-state index in [1.54, 1.807) is 13.0 Å². The number of aliphatic hydroxyl groups excluding tert-OH is 1. The number of carbonyl (C=O) groups is 2. The monoisotopic (exact) mass is 350 g/mol. The van der Waals surface area contributed by atoms with Crippen LogP contribution in [0.15, 0.2) is 59.9 Å². The maximum Gasteiger partial charge on any atom is 0.294 e. The molecular formula is C20H15FN2O3. The number of carbonyl (C=O) groups excluding carboxylic acids is 2. The van der Waals surface area contributed by atoms with Gasteiger partial charge in [-0.2, -0.15) is 5.26 Å². The molecule has 130 valence electrons. The molecule has 1 unspecified atom stereocenters. The highest BCUT2D eigenvalue weighted by molar-refractivity contribution is 6.16. The lowest BCUT2D eigenvalue weighted by Crippen LogP contribution is -2.31. The summed E-state index contributed by atoms with van der Waals surface area (Å²) < 4.78 is 14.4. The Morgan fingerprint density at radius 1 is 1.23 bits per heavy atom. The van der Waals surface area contributed by atoms with Crippen molar-refractivity contribution in [2.24, 2.45) is 0 Å².